The largest absolute Gasteiger partial charge is 0.497 e. The molecule has 0 spiro atoms. The molecule has 0 radical (unpaired) electrons. The first-order valence-corrected chi connectivity index (χ1v) is 7.39. The number of methoxy groups -OCH3 is 3. The van der Waals surface area contributed by atoms with E-state index in [1.54, 1.807) is 19.2 Å². The summed E-state index contributed by atoms with van der Waals surface area (Å²) in [6.07, 6.45) is 0. The average molecular weight is 327 g/mol. The summed E-state index contributed by atoms with van der Waals surface area (Å²) in [4.78, 5) is 2.88. The van der Waals surface area contributed by atoms with Gasteiger partial charge >= 0.3 is 5.91 Å². The summed E-state index contributed by atoms with van der Waals surface area (Å²) >= 11 is 0. The van der Waals surface area contributed by atoms with E-state index in [0.29, 0.717) is 5.75 Å². The summed E-state index contributed by atoms with van der Waals surface area (Å²) in [5, 5.41) is 20.1. The van der Waals surface area contributed by atoms with Gasteiger partial charge in [0.1, 0.15) is 5.75 Å². The molecule has 1 aromatic carbocycles. The first-order chi connectivity index (χ1) is 11.4. The van der Waals surface area contributed by atoms with Crippen LogP contribution in [-0.4, -0.2) is 33.1 Å². The highest BCUT2D eigenvalue weighted by Gasteiger charge is 3.02. The number of hydrogen-bond acceptors (Lipinski definition) is 6. The van der Waals surface area contributed by atoms with Crippen LogP contribution >= 0.6 is 0 Å². The van der Waals surface area contributed by atoms with Gasteiger partial charge in [-0.3, -0.25) is 5.73 Å². The Labute approximate surface area is 140 Å². The Hall–Kier alpha value is -2.61. The van der Waals surface area contributed by atoms with E-state index in [9.17, 15) is 10.5 Å². The number of nitrogens with one attached hydrogen (secondary N) is 1. The lowest BCUT2D eigenvalue weighted by Crippen LogP contribution is -2.91. The van der Waals surface area contributed by atoms with Gasteiger partial charge in [0.25, 0.3) is 5.84 Å². The number of nitrogens with zero attached hydrogens (tertiary/aromatic N) is 2. The zero-order chi connectivity index (χ0) is 17.8. The van der Waals surface area contributed by atoms with Crippen molar-refractivity contribution in [3.63, 3.8) is 0 Å². The average Bonchev–Trinajstić information content (AvgIpc) is 3.04. The Balaban J connectivity index is 2.28. The van der Waals surface area contributed by atoms with Crippen LogP contribution in [0.3, 0.4) is 0 Å². The third kappa shape index (κ3) is 1.25. The number of nitriles is 2. The number of nitrogens with two attached hydrogens (primary N) is 1. The molecule has 0 saturated heterocycles. The van der Waals surface area contributed by atoms with Crippen LogP contribution in [0, 0.1) is 33.5 Å². The molecular formula is C17H19N4O3+. The minimum Gasteiger partial charge on any atom is -0.497 e. The van der Waals surface area contributed by atoms with Gasteiger partial charge in [-0.25, -0.2) is 4.99 Å². The maximum atomic E-state index is 10.1. The van der Waals surface area contributed by atoms with Crippen molar-refractivity contribution >= 4 is 5.84 Å². The van der Waals surface area contributed by atoms with Gasteiger partial charge in [0.15, 0.2) is 10.8 Å². The fourth-order valence-electron chi connectivity index (χ4n) is 4.50. The summed E-state index contributed by atoms with van der Waals surface area (Å²) in [5.41, 5.74) is 3.45. The smallest absolute Gasteiger partial charge is 0.343 e. The molecule has 3 rings (SSSR count). The quantitative estimate of drug-likeness (QED) is 0.713. The minimum atomic E-state index is -1.50. The second-order valence-corrected chi connectivity index (χ2v) is 6.14. The Morgan fingerprint density at radius 2 is 1.62 bits per heavy atom. The molecule has 1 fully saturated rings. The normalized spacial score (nSPS) is 35.3. The zero-order valence-corrected chi connectivity index (χ0v) is 14.0. The van der Waals surface area contributed by atoms with Crippen LogP contribution in [0.15, 0.2) is 24.3 Å². The van der Waals surface area contributed by atoms with Gasteiger partial charge in [-0.15, -0.1) is 0 Å². The predicted octanol–water partition coefficient (Wildman–Crippen LogP) is -0.616. The molecule has 0 amide bonds. The molecule has 1 saturated carbocycles. The number of amidine groups is 1. The first kappa shape index (κ1) is 16.3. The number of ether oxygens (including phenoxy) is 3. The third-order valence-electron chi connectivity index (χ3n) is 5.77. The van der Waals surface area contributed by atoms with E-state index < -0.39 is 22.2 Å². The highest BCUT2D eigenvalue weighted by Crippen LogP contribution is 2.82. The van der Waals surface area contributed by atoms with Crippen molar-refractivity contribution in [2.24, 2.45) is 16.6 Å². The molecule has 1 heterocycles. The van der Waals surface area contributed by atoms with Crippen molar-refractivity contribution in [2.75, 3.05) is 21.3 Å². The van der Waals surface area contributed by atoms with E-state index in [1.165, 1.54) is 14.2 Å². The van der Waals surface area contributed by atoms with Crippen LogP contribution < -0.4 is 15.5 Å². The van der Waals surface area contributed by atoms with Crippen molar-refractivity contribution in [2.45, 2.75) is 18.2 Å². The van der Waals surface area contributed by atoms with E-state index in [0.717, 1.165) is 5.56 Å². The van der Waals surface area contributed by atoms with Crippen molar-refractivity contribution in [1.29, 1.82) is 10.5 Å². The van der Waals surface area contributed by atoms with Crippen LogP contribution in [0.2, 0.25) is 0 Å². The number of hydrogen-bond donors (Lipinski definition) is 2. The second-order valence-electron chi connectivity index (χ2n) is 6.14. The fraction of sp³-hybridized carbons (Fsp3) is 0.471. The van der Waals surface area contributed by atoms with Crippen LogP contribution in [0.1, 0.15) is 12.5 Å². The molecule has 24 heavy (non-hydrogen) atoms. The molecule has 3 N–H and O–H groups in total. The number of fused-ring (bicyclic) bond motifs is 1. The Bertz CT molecular complexity index is 803. The maximum Gasteiger partial charge on any atom is 0.343 e. The molecule has 0 bridgehead atoms. The Morgan fingerprint density at radius 1 is 1.04 bits per heavy atom. The summed E-state index contributed by atoms with van der Waals surface area (Å²) in [6.45, 7) is 1.84. The van der Waals surface area contributed by atoms with Gasteiger partial charge in [0, 0.05) is 14.2 Å². The highest BCUT2D eigenvalue weighted by molar-refractivity contribution is 5.97. The monoisotopic (exact) mass is 327 g/mol. The summed E-state index contributed by atoms with van der Waals surface area (Å²) in [6, 6.07) is 11.8. The van der Waals surface area contributed by atoms with Crippen LogP contribution in [0.4, 0.5) is 0 Å². The lowest BCUT2D eigenvalue weighted by molar-refractivity contribution is -0.688. The molecule has 3 atom stereocenters. The second kappa shape index (κ2) is 4.70. The molecule has 2 aliphatic rings. The molecule has 124 valence electrons. The molecule has 0 aromatic heterocycles. The van der Waals surface area contributed by atoms with Crippen molar-refractivity contribution in [3.05, 3.63) is 29.8 Å². The zero-order valence-electron chi connectivity index (χ0n) is 14.0. The lowest BCUT2D eigenvalue weighted by Gasteiger charge is -2.30. The number of benzene rings is 1. The van der Waals surface area contributed by atoms with E-state index in [4.69, 9.17) is 19.9 Å². The fourth-order valence-corrected chi connectivity index (χ4v) is 4.50. The van der Waals surface area contributed by atoms with Gasteiger partial charge in [-0.2, -0.15) is 10.5 Å². The summed E-state index contributed by atoms with van der Waals surface area (Å²) in [7, 11) is 4.42. The van der Waals surface area contributed by atoms with Gasteiger partial charge in [-0.1, -0.05) is 19.1 Å². The summed E-state index contributed by atoms with van der Waals surface area (Å²) < 4.78 is 16.2. The van der Waals surface area contributed by atoms with Crippen LogP contribution in [0.5, 0.6) is 5.75 Å². The van der Waals surface area contributed by atoms with E-state index in [-0.39, 0.29) is 5.84 Å². The molecular weight excluding hydrogens is 308 g/mol. The minimum absolute atomic E-state index is 0.175. The van der Waals surface area contributed by atoms with Crippen LogP contribution in [-0.2, 0) is 14.9 Å². The van der Waals surface area contributed by atoms with Crippen molar-refractivity contribution < 1.29 is 19.2 Å². The van der Waals surface area contributed by atoms with Gasteiger partial charge < -0.3 is 14.2 Å². The summed E-state index contributed by atoms with van der Waals surface area (Å²) in [5.74, 6) is -0.644. The third-order valence-corrected chi connectivity index (χ3v) is 5.77. The lowest BCUT2D eigenvalue weighted by atomic mass is 9.84. The first-order valence-electron chi connectivity index (χ1n) is 7.39. The van der Waals surface area contributed by atoms with E-state index >= 15 is 0 Å². The molecule has 7 heteroatoms. The topological polar surface area (TPSA) is 115 Å². The Kier molecular flexibility index (Phi) is 3.18. The van der Waals surface area contributed by atoms with Crippen molar-refractivity contribution in [1.82, 2.24) is 0 Å². The molecule has 1 aliphatic carbocycles. The van der Waals surface area contributed by atoms with Crippen LogP contribution in [0.25, 0.3) is 0 Å². The Morgan fingerprint density at radius 3 is 2.04 bits per heavy atom. The molecule has 0 unspecified atom stereocenters. The standard InChI is InChI=1S/C17H18N4O3/c1-14(11-5-7-12(22-2)8-6-11)15(9-18)13(20)21-17(23-3,24-4)16(14,15)10-19/h5-8H,1-4H3,(H2,20,21)/p+1/t14-,15-,16+/m0/s1. The maximum absolute atomic E-state index is 10.1. The van der Waals surface area contributed by atoms with Gasteiger partial charge in [0.05, 0.1) is 24.7 Å². The van der Waals surface area contributed by atoms with Crippen molar-refractivity contribution in [3.8, 4) is 17.9 Å². The van der Waals surface area contributed by atoms with Gasteiger partial charge in [-0.05, 0) is 17.7 Å². The predicted molar refractivity (Wildman–Crippen MR) is 83.3 cm³/mol. The van der Waals surface area contributed by atoms with E-state index in [2.05, 4.69) is 17.1 Å². The van der Waals surface area contributed by atoms with E-state index in [1.807, 2.05) is 19.1 Å². The molecule has 1 aromatic rings. The number of rotatable bonds is 4. The van der Waals surface area contributed by atoms with Gasteiger partial charge in [0.2, 0.25) is 0 Å². The highest BCUT2D eigenvalue weighted by atomic mass is 16.7. The molecule has 1 aliphatic heterocycles. The molecule has 7 nitrogen and oxygen atoms in total. The SMILES string of the molecule is COc1ccc([C@@]2(C)[C@]3(C#N)C(N)=[NH+]C(OC)(OC)[C@@]32C#N)cc1.